The van der Waals surface area contributed by atoms with E-state index >= 15 is 0 Å². The second kappa shape index (κ2) is 9.15. The molecule has 0 saturated heterocycles. The van der Waals surface area contributed by atoms with Gasteiger partial charge in [-0.05, 0) is 53.1 Å². The van der Waals surface area contributed by atoms with Crippen LogP contribution in [0, 0.1) is 3.57 Å². The summed E-state index contributed by atoms with van der Waals surface area (Å²) >= 11 is 2.22. The molecular weight excluding hydrogens is 401 g/mol. The van der Waals surface area contributed by atoms with Crippen molar-refractivity contribution >= 4 is 28.4 Å². The molecule has 0 aliphatic carbocycles. The molecule has 1 aromatic carbocycles. The standard InChI is InChI=1S/C18H26IN3O/c1-3-4-5-6-7-8-9-13-10-11-15(23-2)14(12-13)17-16(19)18(20)22-21-17/h10-12H,3-9H2,1-2H3,(H3,20,21,22). The van der Waals surface area contributed by atoms with Crippen molar-refractivity contribution in [1.29, 1.82) is 0 Å². The molecule has 2 aromatic rings. The predicted octanol–water partition coefficient (Wildman–Crippen LogP) is 5.18. The van der Waals surface area contributed by atoms with Crippen LogP contribution in [0.1, 0.15) is 51.0 Å². The summed E-state index contributed by atoms with van der Waals surface area (Å²) in [5.74, 6) is 1.38. The first kappa shape index (κ1) is 18.1. The van der Waals surface area contributed by atoms with Crippen LogP contribution in [0.3, 0.4) is 0 Å². The number of aromatic nitrogens is 2. The predicted molar refractivity (Wildman–Crippen MR) is 105 cm³/mol. The highest BCUT2D eigenvalue weighted by Crippen LogP contribution is 2.34. The smallest absolute Gasteiger partial charge is 0.159 e. The third-order valence-electron chi connectivity index (χ3n) is 4.08. The summed E-state index contributed by atoms with van der Waals surface area (Å²) in [5, 5.41) is 7.11. The van der Waals surface area contributed by atoms with Gasteiger partial charge in [0.05, 0.1) is 16.4 Å². The van der Waals surface area contributed by atoms with Gasteiger partial charge in [0.15, 0.2) is 5.82 Å². The maximum absolute atomic E-state index is 5.86. The van der Waals surface area contributed by atoms with Gasteiger partial charge >= 0.3 is 0 Å². The lowest BCUT2D eigenvalue weighted by atomic mass is 10.0. The number of H-pyrrole nitrogens is 1. The molecule has 0 aliphatic heterocycles. The summed E-state index contributed by atoms with van der Waals surface area (Å²) in [5.41, 5.74) is 9.16. The number of methoxy groups -OCH3 is 1. The Morgan fingerprint density at radius 3 is 2.57 bits per heavy atom. The molecule has 0 amide bonds. The van der Waals surface area contributed by atoms with E-state index < -0.39 is 0 Å². The number of hydrogen-bond acceptors (Lipinski definition) is 3. The van der Waals surface area contributed by atoms with Crippen molar-refractivity contribution in [2.75, 3.05) is 12.8 Å². The van der Waals surface area contributed by atoms with Gasteiger partial charge in [-0.25, -0.2) is 0 Å². The minimum Gasteiger partial charge on any atom is -0.496 e. The molecule has 0 fully saturated rings. The van der Waals surface area contributed by atoms with E-state index in [2.05, 4.69) is 51.8 Å². The van der Waals surface area contributed by atoms with Gasteiger partial charge < -0.3 is 10.5 Å². The van der Waals surface area contributed by atoms with E-state index in [0.717, 1.165) is 27.0 Å². The molecule has 0 saturated carbocycles. The lowest BCUT2D eigenvalue weighted by molar-refractivity contribution is 0.416. The first-order valence-electron chi connectivity index (χ1n) is 8.34. The number of aryl methyl sites for hydroxylation is 1. The first-order valence-corrected chi connectivity index (χ1v) is 9.41. The number of benzene rings is 1. The highest BCUT2D eigenvalue weighted by atomic mass is 127. The van der Waals surface area contributed by atoms with Gasteiger partial charge in [0, 0.05) is 5.56 Å². The summed E-state index contributed by atoms with van der Waals surface area (Å²) in [7, 11) is 1.69. The van der Waals surface area contributed by atoms with Crippen LogP contribution < -0.4 is 10.5 Å². The zero-order valence-corrected chi connectivity index (χ0v) is 16.2. The molecule has 0 spiro atoms. The van der Waals surface area contributed by atoms with Gasteiger partial charge in [-0.2, -0.15) is 5.10 Å². The van der Waals surface area contributed by atoms with E-state index in [1.54, 1.807) is 7.11 Å². The molecule has 1 heterocycles. The van der Waals surface area contributed by atoms with Gasteiger partial charge in [-0.15, -0.1) is 0 Å². The van der Waals surface area contributed by atoms with Crippen LogP contribution in [-0.4, -0.2) is 17.3 Å². The number of aromatic amines is 1. The van der Waals surface area contributed by atoms with Gasteiger partial charge in [0.2, 0.25) is 0 Å². The topological polar surface area (TPSA) is 63.9 Å². The van der Waals surface area contributed by atoms with Crippen LogP contribution in [-0.2, 0) is 6.42 Å². The highest BCUT2D eigenvalue weighted by Gasteiger charge is 2.14. The van der Waals surface area contributed by atoms with Gasteiger partial charge in [0.25, 0.3) is 0 Å². The maximum Gasteiger partial charge on any atom is 0.159 e. The highest BCUT2D eigenvalue weighted by molar-refractivity contribution is 14.1. The minimum absolute atomic E-state index is 0.531. The largest absolute Gasteiger partial charge is 0.496 e. The number of halogens is 1. The van der Waals surface area contributed by atoms with Crippen LogP contribution in [0.5, 0.6) is 5.75 Å². The Morgan fingerprint density at radius 1 is 1.17 bits per heavy atom. The van der Waals surface area contributed by atoms with Crippen molar-refractivity contribution in [3.8, 4) is 17.0 Å². The van der Waals surface area contributed by atoms with Crippen LogP contribution in [0.4, 0.5) is 5.82 Å². The second-order valence-electron chi connectivity index (χ2n) is 5.85. The average molecular weight is 427 g/mol. The van der Waals surface area contributed by atoms with E-state index in [1.807, 2.05) is 6.07 Å². The normalized spacial score (nSPS) is 10.9. The third-order valence-corrected chi connectivity index (χ3v) is 5.18. The van der Waals surface area contributed by atoms with Crippen molar-refractivity contribution in [2.45, 2.75) is 51.9 Å². The molecule has 5 heteroatoms. The number of rotatable bonds is 9. The second-order valence-corrected chi connectivity index (χ2v) is 6.93. The molecule has 4 nitrogen and oxygen atoms in total. The molecule has 1 aromatic heterocycles. The summed E-state index contributed by atoms with van der Waals surface area (Å²) in [6.07, 6.45) is 8.98. The van der Waals surface area contributed by atoms with Crippen molar-refractivity contribution < 1.29 is 4.74 Å². The minimum atomic E-state index is 0.531. The zero-order chi connectivity index (χ0) is 16.7. The van der Waals surface area contributed by atoms with Crippen LogP contribution in [0.15, 0.2) is 18.2 Å². The van der Waals surface area contributed by atoms with Gasteiger partial charge in [-0.1, -0.05) is 45.1 Å². The molecule has 2 rings (SSSR count). The molecule has 0 unspecified atom stereocenters. The van der Waals surface area contributed by atoms with Crippen molar-refractivity contribution in [2.24, 2.45) is 0 Å². The zero-order valence-electron chi connectivity index (χ0n) is 14.0. The fourth-order valence-electron chi connectivity index (χ4n) is 2.74. The van der Waals surface area contributed by atoms with Crippen LogP contribution in [0.25, 0.3) is 11.3 Å². The quantitative estimate of drug-likeness (QED) is 0.429. The number of ether oxygens (including phenoxy) is 1. The summed E-state index contributed by atoms with van der Waals surface area (Å²) in [4.78, 5) is 0. The summed E-state index contributed by atoms with van der Waals surface area (Å²) in [6.45, 7) is 2.25. The first-order chi connectivity index (χ1) is 11.2. The Kier molecular flexibility index (Phi) is 7.20. The van der Waals surface area contributed by atoms with Crippen molar-refractivity contribution in [1.82, 2.24) is 10.2 Å². The van der Waals surface area contributed by atoms with E-state index in [-0.39, 0.29) is 0 Å². The average Bonchev–Trinajstić information content (AvgIpc) is 2.90. The molecule has 23 heavy (non-hydrogen) atoms. The Balaban J connectivity index is 2.06. The Labute approximate surface area is 152 Å². The van der Waals surface area contributed by atoms with E-state index in [4.69, 9.17) is 10.5 Å². The van der Waals surface area contributed by atoms with Crippen LogP contribution in [0.2, 0.25) is 0 Å². The van der Waals surface area contributed by atoms with Crippen molar-refractivity contribution in [3.05, 3.63) is 27.3 Å². The van der Waals surface area contributed by atoms with E-state index in [1.165, 1.54) is 44.1 Å². The number of nitrogens with zero attached hydrogens (tertiary/aromatic N) is 1. The Morgan fingerprint density at radius 2 is 1.91 bits per heavy atom. The molecular formula is C18H26IN3O. The summed E-state index contributed by atoms with van der Waals surface area (Å²) < 4.78 is 6.44. The van der Waals surface area contributed by atoms with E-state index in [9.17, 15) is 0 Å². The molecule has 3 N–H and O–H groups in total. The molecule has 0 radical (unpaired) electrons. The number of nitrogen functional groups attached to an aromatic ring is 1. The molecule has 0 atom stereocenters. The number of hydrogen-bond donors (Lipinski definition) is 2. The molecule has 0 bridgehead atoms. The summed E-state index contributed by atoms with van der Waals surface area (Å²) in [6, 6.07) is 6.38. The van der Waals surface area contributed by atoms with E-state index in [0.29, 0.717) is 5.82 Å². The SMILES string of the molecule is CCCCCCCCc1ccc(OC)c(-c2[nH]nc(N)c2I)c1. The van der Waals surface area contributed by atoms with Crippen LogP contribution >= 0.6 is 22.6 Å². The Bertz CT molecular complexity index is 625. The number of anilines is 1. The maximum atomic E-state index is 5.86. The lowest BCUT2D eigenvalue weighted by Gasteiger charge is -2.10. The fraction of sp³-hybridized carbons (Fsp3) is 0.500. The number of nitrogens with two attached hydrogens (primary N) is 1. The van der Waals surface area contributed by atoms with Gasteiger partial charge in [0.1, 0.15) is 5.75 Å². The molecule has 0 aliphatic rings. The number of nitrogens with one attached hydrogen (secondary N) is 1. The van der Waals surface area contributed by atoms with Crippen molar-refractivity contribution in [3.63, 3.8) is 0 Å². The lowest BCUT2D eigenvalue weighted by Crippen LogP contribution is -1.93. The number of unbranched alkanes of at least 4 members (excludes halogenated alkanes) is 5. The monoisotopic (exact) mass is 427 g/mol. The Hall–Kier alpha value is -1.24. The van der Waals surface area contributed by atoms with Gasteiger partial charge in [-0.3, -0.25) is 5.10 Å². The third kappa shape index (κ3) is 4.86. The molecule has 126 valence electrons. The fourth-order valence-corrected chi connectivity index (χ4v) is 3.27.